The Morgan fingerprint density at radius 1 is 0.810 bits per heavy atom. The Morgan fingerprint density at radius 3 is 2.29 bits per heavy atom. The van der Waals surface area contributed by atoms with Gasteiger partial charge in [0.1, 0.15) is 18.1 Å². The van der Waals surface area contributed by atoms with Crippen molar-refractivity contribution >= 4 is 0 Å². The molecule has 3 aromatic rings. The van der Waals surface area contributed by atoms with E-state index in [0.717, 1.165) is 11.3 Å². The summed E-state index contributed by atoms with van der Waals surface area (Å²) in [4.78, 5) is 8.01. The van der Waals surface area contributed by atoms with Gasteiger partial charge in [-0.15, -0.1) is 0 Å². The van der Waals surface area contributed by atoms with E-state index in [1.807, 2.05) is 54.6 Å². The smallest absolute Gasteiger partial charge is 0.237 e. The van der Waals surface area contributed by atoms with E-state index in [1.165, 1.54) is 0 Å². The molecule has 0 aliphatic rings. The van der Waals surface area contributed by atoms with Crippen LogP contribution in [-0.2, 0) is 6.61 Å². The van der Waals surface area contributed by atoms with Crippen LogP contribution in [0.25, 0.3) is 0 Å². The number of aromatic nitrogens is 2. The summed E-state index contributed by atoms with van der Waals surface area (Å²) in [5, 5.41) is 0. The van der Waals surface area contributed by atoms with Crippen molar-refractivity contribution in [1.82, 2.24) is 9.97 Å². The zero-order valence-electron chi connectivity index (χ0n) is 11.3. The highest BCUT2D eigenvalue weighted by Gasteiger charge is 2.00. The highest BCUT2D eigenvalue weighted by molar-refractivity contribution is 5.33. The summed E-state index contributed by atoms with van der Waals surface area (Å²) in [6.45, 7) is 0.547. The zero-order chi connectivity index (χ0) is 14.3. The van der Waals surface area contributed by atoms with Crippen molar-refractivity contribution in [3.8, 4) is 17.4 Å². The van der Waals surface area contributed by atoms with Gasteiger partial charge >= 0.3 is 0 Å². The van der Waals surface area contributed by atoms with Gasteiger partial charge in [0, 0.05) is 12.4 Å². The van der Waals surface area contributed by atoms with Gasteiger partial charge in [-0.3, -0.25) is 4.98 Å². The van der Waals surface area contributed by atoms with Crippen LogP contribution in [0.3, 0.4) is 0 Å². The van der Waals surface area contributed by atoms with Crippen LogP contribution in [-0.4, -0.2) is 9.97 Å². The molecule has 21 heavy (non-hydrogen) atoms. The van der Waals surface area contributed by atoms with E-state index in [1.54, 1.807) is 18.6 Å². The monoisotopic (exact) mass is 278 g/mol. The molecule has 104 valence electrons. The van der Waals surface area contributed by atoms with Gasteiger partial charge in [-0.05, 0) is 29.8 Å². The Labute approximate surface area is 123 Å². The minimum absolute atomic E-state index is 0.468. The minimum atomic E-state index is 0.468. The number of nitrogens with zero attached hydrogens (tertiary/aromatic N) is 2. The first-order valence-electron chi connectivity index (χ1n) is 6.61. The normalized spacial score (nSPS) is 10.1. The van der Waals surface area contributed by atoms with Crippen LogP contribution in [0.15, 0.2) is 73.2 Å². The molecule has 2 aromatic carbocycles. The van der Waals surface area contributed by atoms with Crippen LogP contribution in [0.2, 0.25) is 0 Å². The molecule has 0 atom stereocenters. The molecule has 0 bridgehead atoms. The largest absolute Gasteiger partial charge is 0.489 e. The van der Waals surface area contributed by atoms with E-state index >= 15 is 0 Å². The second kappa shape index (κ2) is 6.52. The predicted molar refractivity (Wildman–Crippen MR) is 79.3 cm³/mol. The quantitative estimate of drug-likeness (QED) is 0.711. The molecule has 4 heteroatoms. The van der Waals surface area contributed by atoms with Crippen molar-refractivity contribution in [3.63, 3.8) is 0 Å². The summed E-state index contributed by atoms with van der Waals surface area (Å²) in [6, 6.07) is 17.5. The van der Waals surface area contributed by atoms with E-state index in [4.69, 9.17) is 9.47 Å². The summed E-state index contributed by atoms with van der Waals surface area (Å²) in [7, 11) is 0. The molecule has 0 saturated carbocycles. The fourth-order valence-corrected chi connectivity index (χ4v) is 1.80. The molecule has 0 saturated heterocycles. The molecule has 3 rings (SSSR count). The summed E-state index contributed by atoms with van der Waals surface area (Å²) in [5.41, 5.74) is 1.14. The van der Waals surface area contributed by atoms with Crippen LogP contribution < -0.4 is 9.47 Å². The number of hydrogen-bond donors (Lipinski definition) is 0. The van der Waals surface area contributed by atoms with Crippen molar-refractivity contribution < 1.29 is 9.47 Å². The third-order valence-electron chi connectivity index (χ3n) is 2.83. The van der Waals surface area contributed by atoms with Gasteiger partial charge in [-0.1, -0.05) is 30.3 Å². The van der Waals surface area contributed by atoms with Crippen LogP contribution in [0.4, 0.5) is 0 Å². The van der Waals surface area contributed by atoms with Crippen LogP contribution in [0.5, 0.6) is 17.4 Å². The number of benzene rings is 2. The van der Waals surface area contributed by atoms with Crippen molar-refractivity contribution in [2.24, 2.45) is 0 Å². The van der Waals surface area contributed by atoms with E-state index < -0.39 is 0 Å². The number of rotatable bonds is 5. The van der Waals surface area contributed by atoms with Crippen LogP contribution in [0.1, 0.15) is 5.56 Å². The van der Waals surface area contributed by atoms with Crippen LogP contribution in [0, 0.1) is 0 Å². The average molecular weight is 278 g/mol. The third-order valence-corrected chi connectivity index (χ3v) is 2.83. The van der Waals surface area contributed by atoms with Gasteiger partial charge < -0.3 is 9.47 Å². The van der Waals surface area contributed by atoms with Crippen molar-refractivity contribution in [3.05, 3.63) is 78.8 Å². The molecule has 0 unspecified atom stereocenters. The second-order valence-corrected chi connectivity index (χ2v) is 4.39. The maximum absolute atomic E-state index is 5.71. The summed E-state index contributed by atoms with van der Waals surface area (Å²) >= 11 is 0. The topological polar surface area (TPSA) is 44.2 Å². The maximum atomic E-state index is 5.71. The zero-order valence-corrected chi connectivity index (χ0v) is 11.3. The van der Waals surface area contributed by atoms with Gasteiger partial charge in [-0.2, -0.15) is 0 Å². The Hall–Kier alpha value is -2.88. The molecule has 0 N–H and O–H groups in total. The first-order valence-corrected chi connectivity index (χ1v) is 6.61. The van der Waals surface area contributed by atoms with Crippen molar-refractivity contribution in [2.45, 2.75) is 6.61 Å². The maximum Gasteiger partial charge on any atom is 0.237 e. The molecule has 1 aromatic heterocycles. The Morgan fingerprint density at radius 2 is 1.57 bits per heavy atom. The fourth-order valence-electron chi connectivity index (χ4n) is 1.80. The molecule has 0 aliphatic heterocycles. The van der Waals surface area contributed by atoms with E-state index in [9.17, 15) is 0 Å². The summed E-state index contributed by atoms with van der Waals surface area (Å²) in [5.74, 6) is 1.96. The molecule has 0 radical (unpaired) electrons. The van der Waals surface area contributed by atoms with Crippen molar-refractivity contribution in [1.29, 1.82) is 0 Å². The average Bonchev–Trinajstić information content (AvgIpc) is 2.56. The van der Waals surface area contributed by atoms with Gasteiger partial charge in [0.15, 0.2) is 0 Å². The molecule has 0 spiro atoms. The molecular weight excluding hydrogens is 264 g/mol. The number of ether oxygens (including phenoxy) is 2. The molecule has 0 fully saturated rings. The standard InChI is InChI=1S/C17H14N2O2/c1-2-4-14(5-3-1)13-20-15-6-8-16(9-7-15)21-17-12-18-10-11-19-17/h1-12H,13H2. The van der Waals surface area contributed by atoms with Gasteiger partial charge in [-0.25, -0.2) is 4.98 Å². The van der Waals surface area contributed by atoms with Gasteiger partial charge in [0.05, 0.1) is 6.20 Å². The lowest BCUT2D eigenvalue weighted by atomic mass is 10.2. The highest BCUT2D eigenvalue weighted by atomic mass is 16.5. The van der Waals surface area contributed by atoms with Gasteiger partial charge in [0.2, 0.25) is 5.88 Å². The fraction of sp³-hybridized carbons (Fsp3) is 0.0588. The predicted octanol–water partition coefficient (Wildman–Crippen LogP) is 3.85. The van der Waals surface area contributed by atoms with E-state index in [2.05, 4.69) is 9.97 Å². The molecule has 1 heterocycles. The third kappa shape index (κ3) is 3.79. The molecule has 0 aliphatic carbocycles. The van der Waals surface area contributed by atoms with E-state index in [-0.39, 0.29) is 0 Å². The van der Waals surface area contributed by atoms with E-state index in [0.29, 0.717) is 18.2 Å². The first-order chi connectivity index (χ1) is 10.4. The lowest BCUT2D eigenvalue weighted by Crippen LogP contribution is -1.95. The molecule has 4 nitrogen and oxygen atoms in total. The lowest BCUT2D eigenvalue weighted by Gasteiger charge is -2.08. The Bertz CT molecular complexity index is 670. The lowest BCUT2D eigenvalue weighted by molar-refractivity contribution is 0.305. The number of hydrogen-bond acceptors (Lipinski definition) is 4. The first kappa shape index (κ1) is 13.1. The summed E-state index contributed by atoms with van der Waals surface area (Å²) in [6.07, 6.45) is 4.76. The second-order valence-electron chi connectivity index (χ2n) is 4.39. The minimum Gasteiger partial charge on any atom is -0.489 e. The summed E-state index contributed by atoms with van der Waals surface area (Å²) < 4.78 is 11.3. The van der Waals surface area contributed by atoms with Gasteiger partial charge in [0.25, 0.3) is 0 Å². The molecule has 0 amide bonds. The Kier molecular flexibility index (Phi) is 4.07. The van der Waals surface area contributed by atoms with Crippen LogP contribution >= 0.6 is 0 Å². The SMILES string of the molecule is c1ccc(COc2ccc(Oc3cnccn3)cc2)cc1. The Balaban J connectivity index is 1.59. The molecular formula is C17H14N2O2. The highest BCUT2D eigenvalue weighted by Crippen LogP contribution is 2.22. The van der Waals surface area contributed by atoms with Crippen molar-refractivity contribution in [2.75, 3.05) is 0 Å².